The number of hydrogen-bond acceptors (Lipinski definition) is 3. The Morgan fingerprint density at radius 1 is 1.52 bits per heavy atom. The van der Waals surface area contributed by atoms with E-state index in [2.05, 4.69) is 34.2 Å². The number of rotatable bonds is 6. The van der Waals surface area contributed by atoms with Crippen LogP contribution in [-0.2, 0) is 24.2 Å². The number of imidazole rings is 1. The molecule has 0 spiro atoms. The molecule has 1 atom stereocenters. The third-order valence-corrected chi connectivity index (χ3v) is 4.40. The number of hydrogen-bond donors (Lipinski definition) is 2. The van der Waals surface area contributed by atoms with Crippen LogP contribution in [0.4, 0.5) is 0 Å². The van der Waals surface area contributed by atoms with Gasteiger partial charge in [0.1, 0.15) is 5.82 Å². The van der Waals surface area contributed by atoms with Crippen LogP contribution in [0.1, 0.15) is 49.8 Å². The second-order valence-electron chi connectivity index (χ2n) is 6.56. The molecule has 1 aliphatic carbocycles. The fraction of sp³-hybridized carbons (Fsp3) is 0.588. The topological polar surface area (TPSA) is 75.6 Å². The summed E-state index contributed by atoms with van der Waals surface area (Å²) in [6, 6.07) is 1.91. The van der Waals surface area contributed by atoms with E-state index in [0.717, 1.165) is 49.4 Å². The van der Waals surface area contributed by atoms with Crippen molar-refractivity contribution >= 4 is 5.91 Å². The SMILES string of the molecule is CC(C)c1nc2c([nH]1)CC(C(=O)NCCCn1cccn1)CC2. The van der Waals surface area contributed by atoms with Gasteiger partial charge in [0.25, 0.3) is 0 Å². The van der Waals surface area contributed by atoms with Crippen LogP contribution in [0, 0.1) is 5.92 Å². The third-order valence-electron chi connectivity index (χ3n) is 4.40. The average Bonchev–Trinajstić information content (AvgIpc) is 3.19. The van der Waals surface area contributed by atoms with E-state index in [4.69, 9.17) is 0 Å². The van der Waals surface area contributed by atoms with Gasteiger partial charge in [-0.2, -0.15) is 5.10 Å². The minimum atomic E-state index is 0.0627. The number of nitrogens with one attached hydrogen (secondary N) is 2. The van der Waals surface area contributed by atoms with Crippen LogP contribution in [-0.4, -0.2) is 32.2 Å². The summed E-state index contributed by atoms with van der Waals surface area (Å²) in [6.45, 7) is 5.80. The number of H-pyrrole nitrogens is 1. The number of nitrogens with zero attached hydrogens (tertiary/aromatic N) is 3. The number of aromatic amines is 1. The molecular weight excluding hydrogens is 290 g/mol. The van der Waals surface area contributed by atoms with E-state index in [1.165, 1.54) is 0 Å². The van der Waals surface area contributed by atoms with Crippen molar-refractivity contribution in [3.63, 3.8) is 0 Å². The fourth-order valence-electron chi connectivity index (χ4n) is 3.03. The molecule has 0 bridgehead atoms. The summed E-state index contributed by atoms with van der Waals surface area (Å²) in [6.07, 6.45) is 7.17. The summed E-state index contributed by atoms with van der Waals surface area (Å²) >= 11 is 0. The summed E-state index contributed by atoms with van der Waals surface area (Å²) in [7, 11) is 0. The first kappa shape index (κ1) is 15.8. The predicted octanol–water partition coefficient (Wildman–Crippen LogP) is 2.04. The fourth-order valence-corrected chi connectivity index (χ4v) is 3.03. The molecule has 2 aromatic heterocycles. The molecule has 0 aromatic carbocycles. The highest BCUT2D eigenvalue weighted by Gasteiger charge is 2.27. The normalized spacial score (nSPS) is 17.3. The maximum atomic E-state index is 12.3. The first-order valence-electron chi connectivity index (χ1n) is 8.46. The maximum Gasteiger partial charge on any atom is 0.223 e. The van der Waals surface area contributed by atoms with E-state index in [0.29, 0.717) is 12.5 Å². The highest BCUT2D eigenvalue weighted by Crippen LogP contribution is 2.25. The Kier molecular flexibility index (Phi) is 4.79. The van der Waals surface area contributed by atoms with Crippen molar-refractivity contribution in [3.05, 3.63) is 35.7 Å². The van der Waals surface area contributed by atoms with Gasteiger partial charge in [-0.3, -0.25) is 9.48 Å². The standard InChI is InChI=1S/C17H25N5O/c1-12(2)16-20-14-6-5-13(11-15(14)21-16)17(23)18-7-3-9-22-10-4-8-19-22/h4,8,10,12-13H,3,5-7,9,11H2,1-2H3,(H,18,23)(H,20,21). The Morgan fingerprint density at radius 3 is 3.13 bits per heavy atom. The number of carbonyl (C=O) groups is 1. The molecule has 6 heteroatoms. The van der Waals surface area contributed by atoms with Crippen molar-refractivity contribution in [2.24, 2.45) is 5.92 Å². The van der Waals surface area contributed by atoms with Gasteiger partial charge in [0.2, 0.25) is 5.91 Å². The zero-order chi connectivity index (χ0) is 16.2. The summed E-state index contributed by atoms with van der Waals surface area (Å²) in [5.74, 6) is 1.66. The van der Waals surface area contributed by atoms with E-state index in [-0.39, 0.29) is 11.8 Å². The number of aromatic nitrogens is 4. The molecule has 1 aliphatic rings. The summed E-state index contributed by atoms with van der Waals surface area (Å²) in [4.78, 5) is 20.4. The van der Waals surface area contributed by atoms with E-state index in [1.807, 2.05) is 16.9 Å². The van der Waals surface area contributed by atoms with Gasteiger partial charge in [-0.05, 0) is 25.3 Å². The molecule has 2 aromatic rings. The molecule has 6 nitrogen and oxygen atoms in total. The molecular formula is C17H25N5O. The number of aryl methyl sites for hydroxylation is 2. The van der Waals surface area contributed by atoms with Crippen molar-refractivity contribution < 1.29 is 4.79 Å². The molecule has 23 heavy (non-hydrogen) atoms. The van der Waals surface area contributed by atoms with Crippen LogP contribution in [0.5, 0.6) is 0 Å². The van der Waals surface area contributed by atoms with Crippen molar-refractivity contribution in [2.45, 2.75) is 52.0 Å². The Hall–Kier alpha value is -2.11. The lowest BCUT2D eigenvalue weighted by Gasteiger charge is -2.20. The Morgan fingerprint density at radius 2 is 2.39 bits per heavy atom. The van der Waals surface area contributed by atoms with Crippen LogP contribution in [0.2, 0.25) is 0 Å². The van der Waals surface area contributed by atoms with E-state index >= 15 is 0 Å². The smallest absolute Gasteiger partial charge is 0.223 e. The van der Waals surface area contributed by atoms with Crippen molar-refractivity contribution in [2.75, 3.05) is 6.54 Å². The lowest BCUT2D eigenvalue weighted by molar-refractivity contribution is -0.125. The predicted molar refractivity (Wildman–Crippen MR) is 88.0 cm³/mol. The highest BCUT2D eigenvalue weighted by molar-refractivity contribution is 5.79. The molecule has 124 valence electrons. The first-order valence-corrected chi connectivity index (χ1v) is 8.46. The second kappa shape index (κ2) is 6.98. The third kappa shape index (κ3) is 3.81. The Labute approximate surface area is 136 Å². The van der Waals surface area contributed by atoms with Crippen LogP contribution >= 0.6 is 0 Å². The number of amides is 1. The summed E-state index contributed by atoms with van der Waals surface area (Å²) < 4.78 is 1.89. The minimum Gasteiger partial charge on any atom is -0.356 e. The lowest BCUT2D eigenvalue weighted by atomic mass is 9.89. The molecule has 0 radical (unpaired) electrons. The van der Waals surface area contributed by atoms with Crippen molar-refractivity contribution in [1.29, 1.82) is 0 Å². The van der Waals surface area contributed by atoms with Crippen LogP contribution < -0.4 is 5.32 Å². The lowest BCUT2D eigenvalue weighted by Crippen LogP contribution is -2.35. The largest absolute Gasteiger partial charge is 0.356 e. The molecule has 0 aliphatic heterocycles. The monoisotopic (exact) mass is 315 g/mol. The summed E-state index contributed by atoms with van der Waals surface area (Å²) in [5, 5.41) is 7.22. The average molecular weight is 315 g/mol. The van der Waals surface area contributed by atoms with Gasteiger partial charge < -0.3 is 10.3 Å². The van der Waals surface area contributed by atoms with Crippen molar-refractivity contribution in [3.8, 4) is 0 Å². The van der Waals surface area contributed by atoms with Gasteiger partial charge in [0, 0.05) is 49.4 Å². The highest BCUT2D eigenvalue weighted by atomic mass is 16.1. The summed E-state index contributed by atoms with van der Waals surface area (Å²) in [5.41, 5.74) is 2.30. The minimum absolute atomic E-state index is 0.0627. The molecule has 1 unspecified atom stereocenters. The molecule has 1 amide bonds. The molecule has 2 heterocycles. The Bertz CT molecular complexity index is 644. The number of fused-ring (bicyclic) bond motifs is 1. The van der Waals surface area contributed by atoms with E-state index < -0.39 is 0 Å². The number of carbonyl (C=O) groups excluding carboxylic acids is 1. The molecule has 0 fully saturated rings. The zero-order valence-electron chi connectivity index (χ0n) is 13.9. The quantitative estimate of drug-likeness (QED) is 0.801. The van der Waals surface area contributed by atoms with Crippen LogP contribution in [0.15, 0.2) is 18.5 Å². The van der Waals surface area contributed by atoms with Crippen molar-refractivity contribution in [1.82, 2.24) is 25.1 Å². The maximum absolute atomic E-state index is 12.3. The van der Waals surface area contributed by atoms with E-state index in [9.17, 15) is 4.79 Å². The van der Waals surface area contributed by atoms with Gasteiger partial charge >= 0.3 is 0 Å². The Balaban J connectivity index is 1.46. The molecule has 2 N–H and O–H groups in total. The molecule has 0 saturated heterocycles. The van der Waals surface area contributed by atoms with Gasteiger partial charge in [0.05, 0.1) is 5.69 Å². The first-order chi connectivity index (χ1) is 11.1. The molecule has 0 saturated carbocycles. The zero-order valence-corrected chi connectivity index (χ0v) is 13.9. The van der Waals surface area contributed by atoms with Crippen LogP contribution in [0.25, 0.3) is 0 Å². The van der Waals surface area contributed by atoms with Crippen LogP contribution in [0.3, 0.4) is 0 Å². The van der Waals surface area contributed by atoms with Gasteiger partial charge in [-0.15, -0.1) is 0 Å². The van der Waals surface area contributed by atoms with Gasteiger partial charge in [0.15, 0.2) is 0 Å². The van der Waals surface area contributed by atoms with E-state index in [1.54, 1.807) is 6.20 Å². The van der Waals surface area contributed by atoms with Gasteiger partial charge in [-0.25, -0.2) is 4.98 Å². The molecule has 3 rings (SSSR count). The second-order valence-corrected chi connectivity index (χ2v) is 6.56. The van der Waals surface area contributed by atoms with Gasteiger partial charge in [-0.1, -0.05) is 13.8 Å².